The average Bonchev–Trinajstić information content (AvgIpc) is 3.05. The zero-order valence-corrected chi connectivity index (χ0v) is 11.7. The van der Waals surface area contributed by atoms with Crippen molar-refractivity contribution in [2.24, 2.45) is 0 Å². The van der Waals surface area contributed by atoms with Gasteiger partial charge in [0.1, 0.15) is 5.56 Å². The summed E-state index contributed by atoms with van der Waals surface area (Å²) in [5.74, 6) is -0.920. The zero-order chi connectivity index (χ0) is 13.3. The number of aromatic carboxylic acids is 1. The quantitative estimate of drug-likeness (QED) is 0.858. The SMILES string of the molecule is CSC1(CNc2cc(C)nc(C)c2C(=O)O)CC1. The highest BCUT2D eigenvalue weighted by molar-refractivity contribution is 8.00. The van der Waals surface area contributed by atoms with Crippen molar-refractivity contribution in [3.63, 3.8) is 0 Å². The number of thioether (sulfide) groups is 1. The molecule has 0 atom stereocenters. The van der Waals surface area contributed by atoms with Crippen LogP contribution in [0.1, 0.15) is 34.6 Å². The molecular weight excluding hydrogens is 248 g/mol. The molecule has 1 heterocycles. The fourth-order valence-electron chi connectivity index (χ4n) is 2.09. The highest BCUT2D eigenvalue weighted by Crippen LogP contribution is 2.47. The summed E-state index contributed by atoms with van der Waals surface area (Å²) in [4.78, 5) is 15.5. The standard InChI is InChI=1S/C13H18N2O2S/c1-8-6-10(11(12(16)17)9(2)15-8)14-7-13(18-3)4-5-13/h6H,4-5,7H2,1-3H3,(H,14,15)(H,16,17). The first-order valence-corrected chi connectivity index (χ1v) is 7.20. The summed E-state index contributed by atoms with van der Waals surface area (Å²) < 4.78 is 0.306. The summed E-state index contributed by atoms with van der Waals surface area (Å²) in [5.41, 5.74) is 2.39. The van der Waals surface area contributed by atoms with E-state index in [1.807, 2.05) is 24.8 Å². The van der Waals surface area contributed by atoms with E-state index in [4.69, 9.17) is 0 Å². The van der Waals surface area contributed by atoms with Gasteiger partial charge in [-0.2, -0.15) is 11.8 Å². The maximum absolute atomic E-state index is 11.3. The maximum atomic E-state index is 11.3. The third-order valence-electron chi connectivity index (χ3n) is 3.38. The molecule has 0 amide bonds. The van der Waals surface area contributed by atoms with E-state index in [9.17, 15) is 9.90 Å². The van der Waals surface area contributed by atoms with E-state index in [-0.39, 0.29) is 5.56 Å². The molecule has 0 bridgehead atoms. The number of nitrogens with zero attached hydrogens (tertiary/aromatic N) is 1. The average molecular weight is 266 g/mol. The Kier molecular flexibility index (Phi) is 3.52. The van der Waals surface area contributed by atoms with E-state index >= 15 is 0 Å². The van der Waals surface area contributed by atoms with Crippen LogP contribution in [0, 0.1) is 13.8 Å². The molecule has 1 aliphatic rings. The lowest BCUT2D eigenvalue weighted by atomic mass is 10.1. The largest absolute Gasteiger partial charge is 0.478 e. The molecule has 0 radical (unpaired) electrons. The summed E-state index contributed by atoms with van der Waals surface area (Å²) in [6.07, 6.45) is 4.51. The van der Waals surface area contributed by atoms with E-state index in [1.54, 1.807) is 6.92 Å². The van der Waals surface area contributed by atoms with Crippen molar-refractivity contribution in [1.82, 2.24) is 4.98 Å². The lowest BCUT2D eigenvalue weighted by Crippen LogP contribution is -2.20. The minimum Gasteiger partial charge on any atom is -0.478 e. The molecule has 4 nitrogen and oxygen atoms in total. The Labute approximate surface area is 111 Å². The van der Waals surface area contributed by atoms with Crippen LogP contribution in [0.4, 0.5) is 5.69 Å². The van der Waals surface area contributed by atoms with E-state index in [0.29, 0.717) is 16.1 Å². The van der Waals surface area contributed by atoms with Crippen molar-refractivity contribution >= 4 is 23.4 Å². The van der Waals surface area contributed by atoms with Gasteiger partial charge in [-0.3, -0.25) is 4.98 Å². The second-order valence-electron chi connectivity index (χ2n) is 4.82. The van der Waals surface area contributed by atoms with Gasteiger partial charge in [0.25, 0.3) is 0 Å². The Morgan fingerprint density at radius 3 is 2.72 bits per heavy atom. The number of hydrogen-bond acceptors (Lipinski definition) is 4. The summed E-state index contributed by atoms with van der Waals surface area (Å²) in [5, 5.41) is 12.5. The second-order valence-corrected chi connectivity index (χ2v) is 6.09. The first kappa shape index (κ1) is 13.2. The molecule has 0 spiro atoms. The number of rotatable bonds is 5. The van der Waals surface area contributed by atoms with Crippen LogP contribution in [-0.4, -0.2) is 33.6 Å². The van der Waals surface area contributed by atoms with Crippen molar-refractivity contribution in [2.75, 3.05) is 18.1 Å². The number of aryl methyl sites for hydroxylation is 2. The molecule has 0 aromatic carbocycles. The lowest BCUT2D eigenvalue weighted by Gasteiger charge is -2.17. The normalized spacial score (nSPS) is 16.4. The highest BCUT2D eigenvalue weighted by atomic mass is 32.2. The van der Waals surface area contributed by atoms with Crippen molar-refractivity contribution in [3.05, 3.63) is 23.0 Å². The van der Waals surface area contributed by atoms with Gasteiger partial charge >= 0.3 is 5.97 Å². The molecule has 0 saturated heterocycles. The van der Waals surface area contributed by atoms with Crippen molar-refractivity contribution in [1.29, 1.82) is 0 Å². The zero-order valence-electron chi connectivity index (χ0n) is 10.9. The van der Waals surface area contributed by atoms with Crippen LogP contribution in [0.15, 0.2) is 6.07 Å². The number of hydrogen-bond donors (Lipinski definition) is 2. The van der Waals surface area contributed by atoms with Crippen molar-refractivity contribution < 1.29 is 9.90 Å². The smallest absolute Gasteiger partial charge is 0.339 e. The molecule has 0 aliphatic heterocycles. The minimum atomic E-state index is -0.920. The molecule has 1 aliphatic carbocycles. The first-order valence-electron chi connectivity index (χ1n) is 5.98. The van der Waals surface area contributed by atoms with E-state index in [1.165, 1.54) is 12.8 Å². The maximum Gasteiger partial charge on any atom is 0.339 e. The number of carboxylic acid groups (broad SMARTS) is 1. The molecule has 1 aromatic heterocycles. The Balaban J connectivity index is 2.23. The van der Waals surface area contributed by atoms with Gasteiger partial charge in [-0.05, 0) is 39.0 Å². The lowest BCUT2D eigenvalue weighted by molar-refractivity contribution is 0.0696. The number of carbonyl (C=O) groups is 1. The second kappa shape index (κ2) is 4.80. The van der Waals surface area contributed by atoms with Gasteiger partial charge in [0, 0.05) is 17.0 Å². The molecular formula is C13H18N2O2S. The number of carboxylic acids is 1. The number of anilines is 1. The molecule has 5 heteroatoms. The third kappa shape index (κ3) is 2.61. The molecule has 0 unspecified atom stereocenters. The topological polar surface area (TPSA) is 62.2 Å². The van der Waals surface area contributed by atoms with Crippen LogP contribution in [0.5, 0.6) is 0 Å². The van der Waals surface area contributed by atoms with Crippen molar-refractivity contribution in [2.45, 2.75) is 31.4 Å². The van der Waals surface area contributed by atoms with Crippen LogP contribution in [-0.2, 0) is 0 Å². The Morgan fingerprint density at radius 1 is 1.56 bits per heavy atom. The van der Waals surface area contributed by atoms with Gasteiger partial charge in [0.15, 0.2) is 0 Å². The fraction of sp³-hybridized carbons (Fsp3) is 0.538. The minimum absolute atomic E-state index is 0.289. The predicted octanol–water partition coefficient (Wildman–Crippen LogP) is 2.70. The number of pyridine rings is 1. The van der Waals surface area contributed by atoms with Gasteiger partial charge < -0.3 is 10.4 Å². The van der Waals surface area contributed by atoms with Crippen LogP contribution in [0.3, 0.4) is 0 Å². The van der Waals surface area contributed by atoms with Gasteiger partial charge in [0.05, 0.1) is 11.4 Å². The van der Waals surface area contributed by atoms with Crippen LogP contribution in [0.2, 0.25) is 0 Å². The highest BCUT2D eigenvalue weighted by Gasteiger charge is 2.41. The molecule has 1 saturated carbocycles. The summed E-state index contributed by atoms with van der Waals surface area (Å²) in [6.45, 7) is 4.44. The van der Waals surface area contributed by atoms with Gasteiger partial charge in [-0.25, -0.2) is 4.79 Å². The molecule has 98 valence electrons. The number of aromatic nitrogens is 1. The van der Waals surface area contributed by atoms with Crippen LogP contribution < -0.4 is 5.32 Å². The van der Waals surface area contributed by atoms with Gasteiger partial charge in [-0.15, -0.1) is 0 Å². The van der Waals surface area contributed by atoms with Crippen LogP contribution >= 0.6 is 11.8 Å². The monoisotopic (exact) mass is 266 g/mol. The van der Waals surface area contributed by atoms with Crippen molar-refractivity contribution in [3.8, 4) is 0 Å². The molecule has 18 heavy (non-hydrogen) atoms. The summed E-state index contributed by atoms with van der Waals surface area (Å²) >= 11 is 1.85. The van der Waals surface area contributed by atoms with E-state index < -0.39 is 5.97 Å². The number of nitrogens with one attached hydrogen (secondary N) is 1. The van der Waals surface area contributed by atoms with E-state index in [2.05, 4.69) is 16.6 Å². The fourth-order valence-corrected chi connectivity index (χ4v) is 2.81. The third-order valence-corrected chi connectivity index (χ3v) is 4.80. The summed E-state index contributed by atoms with van der Waals surface area (Å²) in [7, 11) is 0. The molecule has 2 N–H and O–H groups in total. The van der Waals surface area contributed by atoms with Gasteiger partial charge in [-0.1, -0.05) is 0 Å². The summed E-state index contributed by atoms with van der Waals surface area (Å²) in [6, 6.07) is 1.81. The van der Waals surface area contributed by atoms with Gasteiger partial charge in [0.2, 0.25) is 0 Å². The first-order chi connectivity index (χ1) is 8.47. The Morgan fingerprint density at radius 2 is 2.22 bits per heavy atom. The van der Waals surface area contributed by atoms with Crippen LogP contribution in [0.25, 0.3) is 0 Å². The Hall–Kier alpha value is -1.23. The molecule has 2 rings (SSSR count). The molecule has 1 aromatic rings. The predicted molar refractivity (Wildman–Crippen MR) is 74.6 cm³/mol. The Bertz CT molecular complexity index is 484. The molecule has 1 fully saturated rings. The van der Waals surface area contributed by atoms with E-state index in [0.717, 1.165) is 12.2 Å².